The van der Waals surface area contributed by atoms with Crippen LogP contribution in [0.2, 0.25) is 0 Å². The molecule has 0 atom stereocenters. The number of sulfone groups is 1. The highest BCUT2D eigenvalue weighted by Gasteiger charge is 2.11. The minimum Gasteiger partial charge on any atom is -0.356 e. The molecule has 2 N–H and O–H groups in total. The maximum Gasteiger partial charge on any atom is 0.191 e. The molecule has 0 spiro atoms. The van der Waals surface area contributed by atoms with Gasteiger partial charge in [-0.05, 0) is 24.1 Å². The van der Waals surface area contributed by atoms with E-state index in [1.54, 1.807) is 24.5 Å². The largest absolute Gasteiger partial charge is 0.356 e. The molecule has 1 aromatic heterocycles. The molecule has 0 saturated heterocycles. The maximum atomic E-state index is 11.7. The maximum absolute atomic E-state index is 11.7. The molecular formula is C22H27IN4O2S2. The number of guanidine groups is 1. The number of aromatic nitrogens is 1. The first-order chi connectivity index (χ1) is 14.4. The molecule has 0 aliphatic carbocycles. The average molecular weight is 571 g/mol. The summed E-state index contributed by atoms with van der Waals surface area (Å²) in [5.74, 6) is 0.693. The Balaban J connectivity index is 0.00000341. The minimum atomic E-state index is -3.20. The molecule has 6 nitrogen and oxygen atoms in total. The highest BCUT2D eigenvalue weighted by molar-refractivity contribution is 14.0. The molecular weight excluding hydrogens is 543 g/mol. The first-order valence-electron chi connectivity index (χ1n) is 9.61. The molecule has 0 amide bonds. The fraction of sp³-hybridized carbons (Fsp3) is 0.273. The summed E-state index contributed by atoms with van der Waals surface area (Å²) in [6.45, 7) is 3.08. The van der Waals surface area contributed by atoms with Crippen molar-refractivity contribution >= 4 is 51.1 Å². The van der Waals surface area contributed by atoms with Gasteiger partial charge in [0.25, 0.3) is 0 Å². The lowest BCUT2D eigenvalue weighted by molar-refractivity contribution is 0.601. The quantitative estimate of drug-likeness (QED) is 0.255. The van der Waals surface area contributed by atoms with Crippen LogP contribution in [0.3, 0.4) is 0 Å². The number of nitrogens with zero attached hydrogens (tertiary/aromatic N) is 2. The van der Waals surface area contributed by atoms with Crippen molar-refractivity contribution in [2.45, 2.75) is 24.8 Å². The van der Waals surface area contributed by atoms with E-state index >= 15 is 0 Å². The van der Waals surface area contributed by atoms with Gasteiger partial charge in [-0.3, -0.25) is 4.99 Å². The number of aliphatic imine (C=N–C) groups is 1. The second-order valence-electron chi connectivity index (χ2n) is 6.98. The van der Waals surface area contributed by atoms with Gasteiger partial charge in [-0.15, -0.1) is 35.3 Å². The molecule has 0 aliphatic heterocycles. The van der Waals surface area contributed by atoms with E-state index in [0.717, 1.165) is 33.8 Å². The lowest BCUT2D eigenvalue weighted by Gasteiger charge is -2.12. The molecule has 3 rings (SSSR count). The van der Waals surface area contributed by atoms with E-state index in [4.69, 9.17) is 4.98 Å². The van der Waals surface area contributed by atoms with Crippen LogP contribution >= 0.6 is 35.3 Å². The predicted molar refractivity (Wildman–Crippen MR) is 139 cm³/mol. The zero-order valence-electron chi connectivity index (χ0n) is 17.8. The van der Waals surface area contributed by atoms with Crippen molar-refractivity contribution in [1.82, 2.24) is 15.6 Å². The van der Waals surface area contributed by atoms with E-state index in [-0.39, 0.29) is 24.0 Å². The Morgan fingerprint density at radius 2 is 1.87 bits per heavy atom. The van der Waals surface area contributed by atoms with Gasteiger partial charge in [-0.1, -0.05) is 42.5 Å². The summed E-state index contributed by atoms with van der Waals surface area (Å²) in [5, 5.41) is 9.67. The zero-order chi connectivity index (χ0) is 21.6. The molecule has 3 aromatic rings. The molecule has 166 valence electrons. The lowest BCUT2D eigenvalue weighted by atomic mass is 10.1. The molecule has 1 heterocycles. The molecule has 0 saturated carbocycles. The molecule has 9 heteroatoms. The fourth-order valence-corrected chi connectivity index (χ4v) is 4.91. The first kappa shape index (κ1) is 25.3. The number of halogens is 1. The molecule has 31 heavy (non-hydrogen) atoms. The summed E-state index contributed by atoms with van der Waals surface area (Å²) in [5.41, 5.74) is 3.93. The standard InChI is InChI=1S/C22H26N4O2S2.HI/c1-16-13-17(9-10-20(16)30(3,27)28)14-25-22(23-2)24-12-11-19-15-29-21(26-19)18-7-5-4-6-8-18;/h4-10,13,15H,11-12,14H2,1-3H3,(H2,23,24,25);1H. The van der Waals surface area contributed by atoms with Gasteiger partial charge in [-0.2, -0.15) is 0 Å². The summed E-state index contributed by atoms with van der Waals surface area (Å²) in [6.07, 6.45) is 2.02. The van der Waals surface area contributed by atoms with Crippen LogP contribution in [0, 0.1) is 6.92 Å². The number of aryl methyl sites for hydroxylation is 1. The Morgan fingerprint density at radius 3 is 2.52 bits per heavy atom. The molecule has 2 aromatic carbocycles. The van der Waals surface area contributed by atoms with Crippen LogP contribution in [0.5, 0.6) is 0 Å². The Hall–Kier alpha value is -1.98. The summed E-state index contributed by atoms with van der Waals surface area (Å²) >= 11 is 1.65. The zero-order valence-corrected chi connectivity index (χ0v) is 21.7. The fourth-order valence-electron chi connectivity index (χ4n) is 3.09. The van der Waals surface area contributed by atoms with Crippen molar-refractivity contribution in [3.63, 3.8) is 0 Å². The normalized spacial score (nSPS) is 11.6. The van der Waals surface area contributed by atoms with Crippen LogP contribution in [0.4, 0.5) is 0 Å². The highest BCUT2D eigenvalue weighted by Crippen LogP contribution is 2.23. The summed E-state index contributed by atoms with van der Waals surface area (Å²) in [6, 6.07) is 15.5. The number of hydrogen-bond donors (Lipinski definition) is 2. The van der Waals surface area contributed by atoms with Crippen molar-refractivity contribution in [2.24, 2.45) is 4.99 Å². The second-order valence-corrected chi connectivity index (χ2v) is 9.83. The van der Waals surface area contributed by atoms with Gasteiger partial charge in [0, 0.05) is 43.8 Å². The van der Waals surface area contributed by atoms with E-state index < -0.39 is 9.84 Å². The molecule has 0 bridgehead atoms. The van der Waals surface area contributed by atoms with Gasteiger partial charge in [0.2, 0.25) is 0 Å². The van der Waals surface area contributed by atoms with Gasteiger partial charge in [0.1, 0.15) is 5.01 Å². The van der Waals surface area contributed by atoms with Crippen LogP contribution < -0.4 is 10.6 Å². The van der Waals surface area contributed by atoms with Crippen LogP contribution in [-0.2, 0) is 22.8 Å². The molecule has 0 fully saturated rings. The summed E-state index contributed by atoms with van der Waals surface area (Å²) in [4.78, 5) is 9.32. The number of benzene rings is 2. The monoisotopic (exact) mass is 570 g/mol. The van der Waals surface area contributed by atoms with Gasteiger partial charge >= 0.3 is 0 Å². The minimum absolute atomic E-state index is 0. The lowest BCUT2D eigenvalue weighted by Crippen LogP contribution is -2.37. The Kier molecular flexibility index (Phi) is 9.45. The van der Waals surface area contributed by atoms with Crippen molar-refractivity contribution in [1.29, 1.82) is 0 Å². The third-order valence-electron chi connectivity index (χ3n) is 4.57. The SMILES string of the molecule is CN=C(NCCc1csc(-c2ccccc2)n1)NCc1ccc(S(C)(=O)=O)c(C)c1.I. The summed E-state index contributed by atoms with van der Waals surface area (Å²) in [7, 11) is -1.48. The molecule has 0 radical (unpaired) electrons. The van der Waals surface area contributed by atoms with Crippen LogP contribution in [-0.4, -0.2) is 39.2 Å². The smallest absolute Gasteiger partial charge is 0.191 e. The third-order valence-corrected chi connectivity index (χ3v) is 6.77. The number of thiazole rings is 1. The average Bonchev–Trinajstić information content (AvgIpc) is 3.19. The van der Waals surface area contributed by atoms with E-state index in [1.165, 1.54) is 6.26 Å². The molecule has 0 aliphatic rings. The third kappa shape index (κ3) is 7.29. The summed E-state index contributed by atoms with van der Waals surface area (Å²) < 4.78 is 23.5. The van der Waals surface area contributed by atoms with Crippen molar-refractivity contribution in [3.8, 4) is 10.6 Å². The molecule has 0 unspecified atom stereocenters. The number of rotatable bonds is 7. The van der Waals surface area contributed by atoms with Crippen LogP contribution in [0.25, 0.3) is 10.6 Å². The van der Waals surface area contributed by atoms with Crippen molar-refractivity contribution in [2.75, 3.05) is 19.8 Å². The Morgan fingerprint density at radius 1 is 1.13 bits per heavy atom. The second kappa shape index (κ2) is 11.6. The van der Waals surface area contributed by atoms with Gasteiger partial charge in [0.15, 0.2) is 15.8 Å². The van der Waals surface area contributed by atoms with E-state index in [9.17, 15) is 8.42 Å². The first-order valence-corrected chi connectivity index (χ1v) is 12.4. The Labute approximate surface area is 205 Å². The van der Waals surface area contributed by atoms with E-state index in [2.05, 4.69) is 33.1 Å². The van der Waals surface area contributed by atoms with E-state index in [1.807, 2.05) is 37.3 Å². The topological polar surface area (TPSA) is 83.4 Å². The van der Waals surface area contributed by atoms with Crippen LogP contribution in [0.1, 0.15) is 16.8 Å². The van der Waals surface area contributed by atoms with E-state index in [0.29, 0.717) is 23.9 Å². The van der Waals surface area contributed by atoms with Gasteiger partial charge < -0.3 is 10.6 Å². The number of nitrogens with one attached hydrogen (secondary N) is 2. The van der Waals surface area contributed by atoms with Crippen molar-refractivity contribution in [3.05, 3.63) is 70.7 Å². The van der Waals surface area contributed by atoms with Gasteiger partial charge in [0.05, 0.1) is 10.6 Å². The van der Waals surface area contributed by atoms with Crippen LogP contribution in [0.15, 0.2) is 63.8 Å². The highest BCUT2D eigenvalue weighted by atomic mass is 127. The number of hydrogen-bond acceptors (Lipinski definition) is 5. The predicted octanol–water partition coefficient (Wildman–Crippen LogP) is 4.05. The van der Waals surface area contributed by atoms with Crippen molar-refractivity contribution < 1.29 is 8.42 Å². The Bertz CT molecular complexity index is 1130. The van der Waals surface area contributed by atoms with Gasteiger partial charge in [-0.25, -0.2) is 13.4 Å².